The van der Waals surface area contributed by atoms with Gasteiger partial charge in [-0.2, -0.15) is 0 Å². The zero-order valence-electron chi connectivity index (χ0n) is 11.0. The van der Waals surface area contributed by atoms with Gasteiger partial charge in [0.15, 0.2) is 0 Å². The van der Waals surface area contributed by atoms with E-state index in [1.807, 2.05) is 12.1 Å². The Morgan fingerprint density at radius 2 is 1.79 bits per heavy atom. The van der Waals surface area contributed by atoms with Gasteiger partial charge in [-0.15, -0.1) is 0 Å². The standard InChI is InChI=1S/C18H16F/c1-2-3-5-16-6-4-7-17(14-16)9-8-15-10-12-18(19)13-11-15/h6-7,10-14H,2-3,5H2,1H3. The normalized spacial score (nSPS) is 9.79. The molecular formula is C18H16F. The van der Waals surface area contributed by atoms with E-state index < -0.39 is 0 Å². The van der Waals surface area contributed by atoms with Crippen molar-refractivity contribution in [3.05, 3.63) is 71.0 Å². The van der Waals surface area contributed by atoms with Gasteiger partial charge in [0.2, 0.25) is 0 Å². The molecule has 0 aromatic heterocycles. The van der Waals surface area contributed by atoms with E-state index in [0.29, 0.717) is 0 Å². The van der Waals surface area contributed by atoms with Gasteiger partial charge in [-0.05, 0) is 60.9 Å². The lowest BCUT2D eigenvalue weighted by Gasteiger charge is -1.99. The van der Waals surface area contributed by atoms with Gasteiger partial charge in [0.1, 0.15) is 5.82 Å². The summed E-state index contributed by atoms with van der Waals surface area (Å²) >= 11 is 0. The molecule has 0 atom stereocenters. The molecule has 0 saturated carbocycles. The largest absolute Gasteiger partial charge is 0.207 e. The van der Waals surface area contributed by atoms with Crippen molar-refractivity contribution in [1.82, 2.24) is 0 Å². The molecule has 2 rings (SSSR count). The Hall–Kier alpha value is -2.07. The van der Waals surface area contributed by atoms with Crippen LogP contribution in [0.5, 0.6) is 0 Å². The molecule has 0 saturated heterocycles. The molecule has 0 amide bonds. The Labute approximate surface area is 114 Å². The smallest absolute Gasteiger partial charge is 0.123 e. The zero-order chi connectivity index (χ0) is 13.5. The van der Waals surface area contributed by atoms with Crippen LogP contribution in [0.1, 0.15) is 36.5 Å². The maximum absolute atomic E-state index is 12.8. The number of benzene rings is 2. The minimum Gasteiger partial charge on any atom is -0.207 e. The highest BCUT2D eigenvalue weighted by atomic mass is 19.1. The van der Waals surface area contributed by atoms with Gasteiger partial charge in [-0.1, -0.05) is 31.3 Å². The summed E-state index contributed by atoms with van der Waals surface area (Å²) in [5, 5.41) is 0. The van der Waals surface area contributed by atoms with Crippen molar-refractivity contribution < 1.29 is 4.39 Å². The van der Waals surface area contributed by atoms with Crippen molar-refractivity contribution in [3.63, 3.8) is 0 Å². The molecule has 0 aliphatic carbocycles. The number of hydrogen-bond acceptors (Lipinski definition) is 0. The van der Waals surface area contributed by atoms with Crippen LogP contribution in [0, 0.1) is 23.7 Å². The fourth-order valence-electron chi connectivity index (χ4n) is 1.80. The molecule has 0 N–H and O–H groups in total. The third-order valence-corrected chi connectivity index (χ3v) is 2.86. The molecule has 0 aliphatic heterocycles. The molecule has 19 heavy (non-hydrogen) atoms. The highest BCUT2D eigenvalue weighted by Crippen LogP contribution is 2.08. The average molecular weight is 251 g/mol. The van der Waals surface area contributed by atoms with Crippen molar-refractivity contribution in [2.24, 2.45) is 0 Å². The number of hydrogen-bond donors (Lipinski definition) is 0. The zero-order valence-corrected chi connectivity index (χ0v) is 11.0. The summed E-state index contributed by atoms with van der Waals surface area (Å²) in [6.45, 7) is 2.18. The lowest BCUT2D eigenvalue weighted by molar-refractivity contribution is 0.627. The van der Waals surface area contributed by atoms with Crippen LogP contribution in [-0.2, 0) is 6.42 Å². The Morgan fingerprint density at radius 1 is 1.05 bits per heavy atom. The molecular weight excluding hydrogens is 235 g/mol. The summed E-state index contributed by atoms with van der Waals surface area (Å²) in [7, 11) is 0. The molecule has 0 nitrogen and oxygen atoms in total. The molecule has 2 aromatic carbocycles. The van der Waals surface area contributed by atoms with Gasteiger partial charge >= 0.3 is 0 Å². The first kappa shape index (κ1) is 13.4. The van der Waals surface area contributed by atoms with Crippen molar-refractivity contribution >= 4 is 0 Å². The van der Waals surface area contributed by atoms with E-state index in [1.54, 1.807) is 12.1 Å². The fraction of sp³-hybridized carbons (Fsp3) is 0.222. The van der Waals surface area contributed by atoms with Crippen LogP contribution in [0.4, 0.5) is 4.39 Å². The molecule has 0 heterocycles. The number of halogens is 1. The topological polar surface area (TPSA) is 0 Å². The van der Waals surface area contributed by atoms with E-state index in [2.05, 4.69) is 30.9 Å². The monoisotopic (exact) mass is 251 g/mol. The highest BCUT2D eigenvalue weighted by molar-refractivity contribution is 5.43. The van der Waals surface area contributed by atoms with Crippen molar-refractivity contribution in [1.29, 1.82) is 0 Å². The third kappa shape index (κ3) is 4.26. The Bertz CT molecular complexity index is 585. The molecule has 95 valence electrons. The number of unbranched alkanes of at least 4 members (excludes halogenated alkanes) is 1. The third-order valence-electron chi connectivity index (χ3n) is 2.86. The predicted octanol–water partition coefficient (Wildman–Crippen LogP) is 4.37. The van der Waals surface area contributed by atoms with E-state index in [9.17, 15) is 4.39 Å². The SMILES string of the molecule is CCCCc1c[c]cc(C#Cc2ccc(F)cc2)c1. The summed E-state index contributed by atoms with van der Waals surface area (Å²) in [6, 6.07) is 15.3. The van der Waals surface area contributed by atoms with E-state index in [0.717, 1.165) is 17.5 Å². The van der Waals surface area contributed by atoms with E-state index in [-0.39, 0.29) is 5.82 Å². The van der Waals surface area contributed by atoms with Gasteiger partial charge in [0.05, 0.1) is 0 Å². The first-order valence-electron chi connectivity index (χ1n) is 6.55. The van der Waals surface area contributed by atoms with Crippen LogP contribution in [0.25, 0.3) is 0 Å². The van der Waals surface area contributed by atoms with Crippen LogP contribution in [-0.4, -0.2) is 0 Å². The minimum absolute atomic E-state index is 0.236. The predicted molar refractivity (Wildman–Crippen MR) is 76.3 cm³/mol. The average Bonchev–Trinajstić information content (AvgIpc) is 2.45. The van der Waals surface area contributed by atoms with Crippen LogP contribution in [0.15, 0.2) is 42.5 Å². The van der Waals surface area contributed by atoms with E-state index in [4.69, 9.17) is 0 Å². The molecule has 0 fully saturated rings. The van der Waals surface area contributed by atoms with Crippen molar-refractivity contribution in [2.75, 3.05) is 0 Å². The van der Waals surface area contributed by atoms with Crippen LogP contribution in [0.3, 0.4) is 0 Å². The molecule has 1 radical (unpaired) electrons. The van der Waals surface area contributed by atoms with Gasteiger partial charge in [0.25, 0.3) is 0 Å². The maximum atomic E-state index is 12.8. The molecule has 2 aromatic rings. The quantitative estimate of drug-likeness (QED) is 0.711. The summed E-state index contributed by atoms with van der Waals surface area (Å²) in [5.41, 5.74) is 3.05. The maximum Gasteiger partial charge on any atom is 0.123 e. The summed E-state index contributed by atoms with van der Waals surface area (Å²) in [6.07, 6.45) is 3.44. The van der Waals surface area contributed by atoms with Gasteiger partial charge < -0.3 is 0 Å². The fourth-order valence-corrected chi connectivity index (χ4v) is 1.80. The Balaban J connectivity index is 2.13. The summed E-state index contributed by atoms with van der Waals surface area (Å²) in [5.74, 6) is 5.89. The number of aryl methyl sites for hydroxylation is 1. The van der Waals surface area contributed by atoms with Crippen LogP contribution < -0.4 is 0 Å². The number of rotatable bonds is 3. The van der Waals surface area contributed by atoms with Gasteiger partial charge in [0, 0.05) is 11.1 Å². The lowest BCUT2D eigenvalue weighted by Crippen LogP contribution is -1.86. The van der Waals surface area contributed by atoms with Crippen molar-refractivity contribution in [3.8, 4) is 11.8 Å². The Kier molecular flexibility index (Phi) is 4.75. The van der Waals surface area contributed by atoms with E-state index in [1.165, 1.54) is 30.5 Å². The molecule has 0 unspecified atom stereocenters. The summed E-state index contributed by atoms with van der Waals surface area (Å²) < 4.78 is 12.8. The van der Waals surface area contributed by atoms with Crippen molar-refractivity contribution in [2.45, 2.75) is 26.2 Å². The van der Waals surface area contributed by atoms with Gasteiger partial charge in [-0.3, -0.25) is 0 Å². The van der Waals surface area contributed by atoms with Gasteiger partial charge in [-0.25, -0.2) is 4.39 Å². The second-order valence-corrected chi connectivity index (χ2v) is 4.49. The minimum atomic E-state index is -0.236. The van der Waals surface area contributed by atoms with Crippen LogP contribution in [0.2, 0.25) is 0 Å². The second kappa shape index (κ2) is 6.75. The van der Waals surface area contributed by atoms with Crippen LogP contribution >= 0.6 is 0 Å². The molecule has 0 bridgehead atoms. The highest BCUT2D eigenvalue weighted by Gasteiger charge is 1.94. The first-order valence-corrected chi connectivity index (χ1v) is 6.55. The lowest BCUT2D eigenvalue weighted by atomic mass is 10.1. The molecule has 0 spiro atoms. The first-order chi connectivity index (χ1) is 9.28. The molecule has 1 heteroatoms. The summed E-state index contributed by atoms with van der Waals surface area (Å²) in [4.78, 5) is 0. The Morgan fingerprint density at radius 3 is 2.53 bits per heavy atom. The van der Waals surface area contributed by atoms with E-state index >= 15 is 0 Å². The second-order valence-electron chi connectivity index (χ2n) is 4.49. The molecule has 0 aliphatic rings.